The molecule has 0 aromatic heterocycles. The van der Waals surface area contributed by atoms with E-state index in [9.17, 15) is 34.6 Å². The lowest BCUT2D eigenvalue weighted by atomic mass is 10.0. The number of ether oxygens (including phenoxy) is 1. The fourth-order valence-corrected chi connectivity index (χ4v) is 3.83. The van der Waals surface area contributed by atoms with E-state index in [1.54, 1.807) is 36.4 Å². The van der Waals surface area contributed by atoms with Crippen LogP contribution >= 0.6 is 0 Å². The molecule has 1 aliphatic rings. The second kappa shape index (κ2) is 10.1. The first-order chi connectivity index (χ1) is 17.2. The molecular formula is C25H19N3O8. The summed E-state index contributed by atoms with van der Waals surface area (Å²) in [6, 6.07) is 18.1. The van der Waals surface area contributed by atoms with E-state index in [0.717, 1.165) is 11.1 Å². The number of carbonyl (C=O) groups excluding carboxylic acids is 3. The summed E-state index contributed by atoms with van der Waals surface area (Å²) in [6.07, 6.45) is -0.0609. The van der Waals surface area contributed by atoms with E-state index in [2.05, 4.69) is 0 Å². The molecule has 11 heteroatoms. The van der Waals surface area contributed by atoms with Gasteiger partial charge in [0.05, 0.1) is 15.8 Å². The smallest absolute Gasteiger partial charge is 0.311 e. The van der Waals surface area contributed by atoms with E-state index < -0.39 is 34.1 Å². The Labute approximate surface area is 204 Å². The number of rotatable bonds is 8. The molecule has 1 heterocycles. The van der Waals surface area contributed by atoms with Crippen molar-refractivity contribution in [2.24, 2.45) is 5.92 Å². The van der Waals surface area contributed by atoms with Gasteiger partial charge in [-0.1, -0.05) is 12.1 Å². The van der Waals surface area contributed by atoms with Gasteiger partial charge in [-0.2, -0.15) is 0 Å². The first-order valence-electron chi connectivity index (χ1n) is 10.8. The van der Waals surface area contributed by atoms with Crippen molar-refractivity contribution in [3.8, 4) is 11.1 Å². The highest BCUT2D eigenvalue weighted by Crippen LogP contribution is 2.29. The second-order valence-electron chi connectivity index (χ2n) is 8.09. The van der Waals surface area contributed by atoms with Gasteiger partial charge in [0, 0.05) is 48.5 Å². The fourth-order valence-electron chi connectivity index (χ4n) is 3.83. The van der Waals surface area contributed by atoms with Gasteiger partial charge < -0.3 is 9.64 Å². The Kier molecular flexibility index (Phi) is 6.81. The van der Waals surface area contributed by atoms with Crippen molar-refractivity contribution in [2.75, 3.05) is 18.1 Å². The van der Waals surface area contributed by atoms with Crippen LogP contribution in [0, 0.1) is 26.1 Å². The van der Waals surface area contributed by atoms with Crippen molar-refractivity contribution in [3.63, 3.8) is 0 Å². The molecule has 0 radical (unpaired) electrons. The molecule has 0 N–H and O–H groups in total. The number of amides is 1. The number of anilines is 1. The number of ketones is 1. The van der Waals surface area contributed by atoms with Gasteiger partial charge in [0.1, 0.15) is 0 Å². The maximum absolute atomic E-state index is 12.5. The second-order valence-corrected chi connectivity index (χ2v) is 8.09. The topological polar surface area (TPSA) is 150 Å². The third-order valence-electron chi connectivity index (χ3n) is 5.79. The molecule has 1 fully saturated rings. The zero-order valence-electron chi connectivity index (χ0n) is 18.7. The summed E-state index contributed by atoms with van der Waals surface area (Å²) in [6.45, 7) is -0.439. The molecule has 0 spiro atoms. The van der Waals surface area contributed by atoms with Crippen LogP contribution in [-0.2, 0) is 14.3 Å². The maximum atomic E-state index is 12.5. The van der Waals surface area contributed by atoms with Crippen LogP contribution in [0.3, 0.4) is 0 Å². The van der Waals surface area contributed by atoms with Gasteiger partial charge in [-0.25, -0.2) is 0 Å². The number of nitro groups is 2. The quantitative estimate of drug-likeness (QED) is 0.200. The van der Waals surface area contributed by atoms with E-state index >= 15 is 0 Å². The van der Waals surface area contributed by atoms with Gasteiger partial charge in [0.2, 0.25) is 5.91 Å². The summed E-state index contributed by atoms with van der Waals surface area (Å²) < 4.78 is 5.11. The van der Waals surface area contributed by atoms with Crippen LogP contribution in [0.1, 0.15) is 16.8 Å². The van der Waals surface area contributed by atoms with Crippen LogP contribution in [0.5, 0.6) is 0 Å². The molecule has 0 saturated carbocycles. The third kappa shape index (κ3) is 5.25. The number of hydrogen-bond acceptors (Lipinski definition) is 8. The van der Waals surface area contributed by atoms with E-state index in [-0.39, 0.29) is 35.8 Å². The Morgan fingerprint density at radius 1 is 0.833 bits per heavy atom. The van der Waals surface area contributed by atoms with Crippen molar-refractivity contribution >= 4 is 34.7 Å². The lowest BCUT2D eigenvalue weighted by Crippen LogP contribution is -2.27. The fraction of sp³-hybridized carbons (Fsp3) is 0.160. The van der Waals surface area contributed by atoms with Gasteiger partial charge in [-0.3, -0.25) is 34.6 Å². The standard InChI is InChI=1S/C25H19N3O8/c29-23(18-5-11-22(12-6-18)28(34)35)15-36-25(31)19-13-24(30)26(14-19)20-7-1-16(2-8-20)17-3-9-21(10-4-17)27(32)33/h1-12,19H,13-15H2/t19-/m0/s1. The number of carbonyl (C=O) groups is 3. The van der Waals surface area contributed by atoms with Gasteiger partial charge in [-0.15, -0.1) is 0 Å². The Balaban J connectivity index is 1.34. The minimum Gasteiger partial charge on any atom is -0.457 e. The summed E-state index contributed by atoms with van der Waals surface area (Å²) in [5, 5.41) is 21.5. The summed E-state index contributed by atoms with van der Waals surface area (Å²) in [5.74, 6) is -2.19. The summed E-state index contributed by atoms with van der Waals surface area (Å²) in [7, 11) is 0. The van der Waals surface area contributed by atoms with Gasteiger partial charge in [0.15, 0.2) is 12.4 Å². The third-order valence-corrected chi connectivity index (χ3v) is 5.79. The van der Waals surface area contributed by atoms with Crippen LogP contribution in [0.15, 0.2) is 72.8 Å². The molecule has 182 valence electrons. The molecule has 0 bridgehead atoms. The highest BCUT2D eigenvalue weighted by atomic mass is 16.6. The first-order valence-corrected chi connectivity index (χ1v) is 10.8. The molecule has 11 nitrogen and oxygen atoms in total. The number of nitrogens with zero attached hydrogens (tertiary/aromatic N) is 3. The minimum absolute atomic E-state index is 0.00888. The summed E-state index contributed by atoms with van der Waals surface area (Å²) >= 11 is 0. The number of Topliss-reactive ketones (excluding diaryl/α,β-unsaturated/α-hetero) is 1. The molecule has 3 aromatic carbocycles. The van der Waals surface area contributed by atoms with Gasteiger partial charge in [0.25, 0.3) is 11.4 Å². The van der Waals surface area contributed by atoms with Gasteiger partial charge in [-0.05, 0) is 47.5 Å². The van der Waals surface area contributed by atoms with Crippen LogP contribution in [-0.4, -0.2) is 40.7 Å². The van der Waals surface area contributed by atoms with Crippen molar-refractivity contribution < 1.29 is 29.0 Å². The number of nitro benzene ring substituents is 2. The van der Waals surface area contributed by atoms with Crippen LogP contribution < -0.4 is 4.90 Å². The lowest BCUT2D eigenvalue weighted by Gasteiger charge is -2.17. The summed E-state index contributed by atoms with van der Waals surface area (Å²) in [4.78, 5) is 59.2. The minimum atomic E-state index is -0.739. The zero-order chi connectivity index (χ0) is 25.8. The molecule has 0 aliphatic carbocycles. The van der Waals surface area contributed by atoms with Crippen LogP contribution in [0.2, 0.25) is 0 Å². The number of benzene rings is 3. The number of esters is 1. The van der Waals surface area contributed by atoms with E-state index in [1.165, 1.54) is 41.3 Å². The SMILES string of the molecule is O=C(COC(=O)[C@H]1CC(=O)N(c2ccc(-c3ccc([N+](=O)[O-])cc3)cc2)C1)c1ccc([N+](=O)[O-])cc1. The zero-order valence-corrected chi connectivity index (χ0v) is 18.7. The van der Waals surface area contributed by atoms with E-state index in [1.807, 2.05) is 0 Å². The Morgan fingerprint density at radius 2 is 1.33 bits per heavy atom. The average molecular weight is 489 g/mol. The molecule has 1 aliphatic heterocycles. The van der Waals surface area contributed by atoms with Crippen molar-refractivity contribution in [1.29, 1.82) is 0 Å². The molecule has 3 aromatic rings. The Morgan fingerprint density at radius 3 is 1.86 bits per heavy atom. The maximum Gasteiger partial charge on any atom is 0.311 e. The van der Waals surface area contributed by atoms with Gasteiger partial charge >= 0.3 is 5.97 Å². The molecule has 1 amide bonds. The summed E-state index contributed by atoms with van der Waals surface area (Å²) in [5.41, 5.74) is 2.17. The van der Waals surface area contributed by atoms with E-state index in [0.29, 0.717) is 5.69 Å². The molecule has 0 unspecified atom stereocenters. The average Bonchev–Trinajstić information content (AvgIpc) is 3.28. The molecule has 1 saturated heterocycles. The lowest BCUT2D eigenvalue weighted by molar-refractivity contribution is -0.385. The predicted octanol–water partition coefficient (Wildman–Crippen LogP) is 3.95. The highest BCUT2D eigenvalue weighted by molar-refractivity contribution is 6.01. The normalized spacial score (nSPS) is 14.9. The van der Waals surface area contributed by atoms with Crippen molar-refractivity contribution in [2.45, 2.75) is 6.42 Å². The Bertz CT molecular complexity index is 1340. The van der Waals surface area contributed by atoms with Crippen LogP contribution in [0.25, 0.3) is 11.1 Å². The molecule has 36 heavy (non-hydrogen) atoms. The predicted molar refractivity (Wildman–Crippen MR) is 127 cm³/mol. The number of hydrogen-bond donors (Lipinski definition) is 0. The molecule has 1 atom stereocenters. The van der Waals surface area contributed by atoms with E-state index in [4.69, 9.17) is 4.74 Å². The van der Waals surface area contributed by atoms with Crippen LogP contribution in [0.4, 0.5) is 17.1 Å². The Hall–Kier alpha value is -4.93. The molecular weight excluding hydrogens is 470 g/mol. The largest absolute Gasteiger partial charge is 0.457 e. The highest BCUT2D eigenvalue weighted by Gasteiger charge is 2.36. The monoisotopic (exact) mass is 489 g/mol. The molecule has 4 rings (SSSR count). The van der Waals surface area contributed by atoms with Crippen molar-refractivity contribution in [3.05, 3.63) is 98.6 Å². The first kappa shape index (κ1) is 24.2. The van der Waals surface area contributed by atoms with Crippen molar-refractivity contribution in [1.82, 2.24) is 0 Å². The number of non-ortho nitro benzene ring substituents is 2.